The molecule has 1 fully saturated rings. The van der Waals surface area contributed by atoms with Crippen LogP contribution in [0.1, 0.15) is 25.0 Å². The van der Waals surface area contributed by atoms with Crippen molar-refractivity contribution in [1.29, 1.82) is 0 Å². The maximum atomic E-state index is 11.8. The van der Waals surface area contributed by atoms with Gasteiger partial charge in [-0.1, -0.05) is 0 Å². The van der Waals surface area contributed by atoms with E-state index in [1.54, 1.807) is 12.3 Å². The summed E-state index contributed by atoms with van der Waals surface area (Å²) in [5.74, 6) is 0.804. The van der Waals surface area contributed by atoms with Crippen molar-refractivity contribution in [2.24, 2.45) is 5.73 Å². The third kappa shape index (κ3) is 5.34. The van der Waals surface area contributed by atoms with Gasteiger partial charge >= 0.3 is 0 Å². The Morgan fingerprint density at radius 3 is 2.50 bits per heavy atom. The largest absolute Gasteiger partial charge is 0.367 e. The van der Waals surface area contributed by atoms with Gasteiger partial charge in [-0.25, -0.2) is 4.98 Å². The second-order valence-electron chi connectivity index (χ2n) is 5.54. The molecule has 0 saturated heterocycles. The predicted molar refractivity (Wildman–Crippen MR) is 103 cm³/mol. The molecule has 2 atom stereocenters. The van der Waals surface area contributed by atoms with Gasteiger partial charge in [0.25, 0.3) is 5.56 Å². The smallest absolute Gasteiger partial charge is 0.271 e. The summed E-state index contributed by atoms with van der Waals surface area (Å²) >= 11 is 0. The molecule has 134 valence electrons. The van der Waals surface area contributed by atoms with Gasteiger partial charge in [-0.3, -0.25) is 4.79 Å². The lowest BCUT2D eigenvalue weighted by molar-refractivity contribution is 0.686. The molecule has 0 radical (unpaired) electrons. The van der Waals surface area contributed by atoms with Gasteiger partial charge in [0.15, 0.2) is 0 Å². The fourth-order valence-electron chi connectivity index (χ4n) is 2.64. The maximum absolute atomic E-state index is 11.8. The van der Waals surface area contributed by atoms with Gasteiger partial charge in [0.2, 0.25) is 0 Å². The first-order valence-electron chi connectivity index (χ1n) is 7.17. The summed E-state index contributed by atoms with van der Waals surface area (Å²) in [7, 11) is 0. The second kappa shape index (κ2) is 9.84. The highest BCUT2D eigenvalue weighted by Crippen LogP contribution is 2.21. The van der Waals surface area contributed by atoms with Gasteiger partial charge in [-0.2, -0.15) is 9.78 Å². The van der Waals surface area contributed by atoms with Crippen LogP contribution in [0.15, 0.2) is 35.3 Å². The Bertz CT molecular complexity index is 692. The van der Waals surface area contributed by atoms with Crippen LogP contribution in [0.25, 0.3) is 5.69 Å². The van der Waals surface area contributed by atoms with Crippen LogP contribution in [-0.4, -0.2) is 26.8 Å². The van der Waals surface area contributed by atoms with Gasteiger partial charge in [0.1, 0.15) is 5.82 Å². The Hall–Kier alpha value is -1.34. The number of rotatable bonds is 3. The number of nitrogens with one attached hydrogen (secondary N) is 1. The molecule has 1 saturated carbocycles. The third-order valence-corrected chi connectivity index (χ3v) is 3.75. The van der Waals surface area contributed by atoms with Crippen molar-refractivity contribution in [2.45, 2.75) is 38.3 Å². The Morgan fingerprint density at radius 2 is 1.92 bits per heavy atom. The summed E-state index contributed by atoms with van der Waals surface area (Å²) in [6.07, 6.45) is 4.76. The number of aromatic nitrogens is 3. The number of nitrogens with two attached hydrogens (primary N) is 1. The summed E-state index contributed by atoms with van der Waals surface area (Å²) in [5.41, 5.74) is 7.19. The summed E-state index contributed by atoms with van der Waals surface area (Å²) in [4.78, 5) is 16.2. The van der Waals surface area contributed by atoms with Crippen LogP contribution in [0.2, 0.25) is 0 Å². The maximum Gasteiger partial charge on any atom is 0.271 e. The summed E-state index contributed by atoms with van der Waals surface area (Å²) in [6.45, 7) is 1.85. The van der Waals surface area contributed by atoms with E-state index in [2.05, 4.69) is 15.4 Å². The highest BCUT2D eigenvalue weighted by atomic mass is 35.5. The first-order chi connectivity index (χ1) is 10.1. The predicted octanol–water partition coefficient (Wildman–Crippen LogP) is 2.49. The molecule has 0 aliphatic heterocycles. The van der Waals surface area contributed by atoms with E-state index in [1.807, 2.05) is 19.1 Å². The van der Waals surface area contributed by atoms with Crippen molar-refractivity contribution in [1.82, 2.24) is 14.8 Å². The van der Waals surface area contributed by atoms with Crippen LogP contribution < -0.4 is 16.6 Å². The van der Waals surface area contributed by atoms with Crippen LogP contribution in [0.3, 0.4) is 0 Å². The van der Waals surface area contributed by atoms with E-state index in [0.29, 0.717) is 11.7 Å². The average Bonchev–Trinajstić information content (AvgIpc) is 2.88. The Labute approximate surface area is 159 Å². The van der Waals surface area contributed by atoms with E-state index >= 15 is 0 Å². The van der Waals surface area contributed by atoms with E-state index in [9.17, 15) is 4.79 Å². The Balaban J connectivity index is 0.00000176. The van der Waals surface area contributed by atoms with Crippen molar-refractivity contribution in [2.75, 3.05) is 5.32 Å². The van der Waals surface area contributed by atoms with E-state index in [0.717, 1.165) is 30.8 Å². The normalized spacial score (nSPS) is 18.8. The monoisotopic (exact) mass is 393 g/mol. The summed E-state index contributed by atoms with van der Waals surface area (Å²) < 4.78 is 1.36. The number of hydrogen-bond acceptors (Lipinski definition) is 5. The van der Waals surface area contributed by atoms with Gasteiger partial charge < -0.3 is 11.1 Å². The molecule has 0 unspecified atom stereocenters. The molecule has 3 N–H and O–H groups in total. The number of nitrogens with zero attached hydrogens (tertiary/aromatic N) is 3. The van der Waals surface area contributed by atoms with Crippen LogP contribution in [-0.2, 0) is 0 Å². The molecular formula is C15H22Cl3N5O. The molecule has 0 aromatic carbocycles. The van der Waals surface area contributed by atoms with Gasteiger partial charge in [-0.05, 0) is 44.4 Å². The molecule has 1 aliphatic carbocycles. The van der Waals surface area contributed by atoms with E-state index in [4.69, 9.17) is 5.73 Å². The first kappa shape index (κ1) is 22.7. The first-order valence-corrected chi connectivity index (χ1v) is 7.17. The molecular weight excluding hydrogens is 373 g/mol. The molecule has 1 aliphatic rings. The number of anilines is 1. The highest BCUT2D eigenvalue weighted by Gasteiger charge is 2.21. The average molecular weight is 395 g/mol. The van der Waals surface area contributed by atoms with E-state index < -0.39 is 0 Å². The number of pyridine rings is 1. The minimum Gasteiger partial charge on any atom is -0.367 e. The van der Waals surface area contributed by atoms with Gasteiger partial charge in [0, 0.05) is 18.2 Å². The van der Waals surface area contributed by atoms with Crippen LogP contribution in [0, 0.1) is 6.92 Å². The zero-order valence-corrected chi connectivity index (χ0v) is 15.7. The zero-order chi connectivity index (χ0) is 14.8. The minimum absolute atomic E-state index is 0. The minimum atomic E-state index is -0.162. The summed E-state index contributed by atoms with van der Waals surface area (Å²) in [5, 5.41) is 7.59. The highest BCUT2D eigenvalue weighted by molar-refractivity contribution is 5.86. The van der Waals surface area contributed by atoms with Crippen molar-refractivity contribution < 1.29 is 0 Å². The summed E-state index contributed by atoms with van der Waals surface area (Å²) in [6, 6.07) is 7.60. The molecule has 2 heterocycles. The quantitative estimate of drug-likeness (QED) is 0.835. The van der Waals surface area contributed by atoms with Crippen LogP contribution >= 0.6 is 37.2 Å². The number of aryl methyl sites for hydroxylation is 1. The van der Waals surface area contributed by atoms with Gasteiger partial charge in [-0.15, -0.1) is 37.2 Å². The Morgan fingerprint density at radius 1 is 1.17 bits per heavy atom. The fourth-order valence-corrected chi connectivity index (χ4v) is 2.64. The Kier molecular flexibility index (Phi) is 9.29. The van der Waals surface area contributed by atoms with E-state index in [1.165, 1.54) is 10.7 Å². The number of halogens is 3. The third-order valence-electron chi connectivity index (χ3n) is 3.75. The van der Waals surface area contributed by atoms with Crippen molar-refractivity contribution >= 4 is 43.0 Å². The molecule has 24 heavy (non-hydrogen) atoms. The van der Waals surface area contributed by atoms with Crippen molar-refractivity contribution in [3.63, 3.8) is 0 Å². The van der Waals surface area contributed by atoms with Crippen molar-refractivity contribution in [3.05, 3.63) is 46.5 Å². The zero-order valence-electron chi connectivity index (χ0n) is 13.2. The molecule has 2 aromatic rings. The van der Waals surface area contributed by atoms with E-state index in [-0.39, 0.29) is 48.8 Å². The fraction of sp³-hybridized carbons (Fsp3) is 0.400. The number of hydrogen-bond donors (Lipinski definition) is 2. The molecule has 9 heteroatoms. The molecule has 2 aromatic heterocycles. The molecule has 0 bridgehead atoms. The lowest BCUT2D eigenvalue weighted by Gasteiger charge is -2.13. The van der Waals surface area contributed by atoms with Gasteiger partial charge in [0.05, 0.1) is 17.6 Å². The van der Waals surface area contributed by atoms with Crippen molar-refractivity contribution in [3.8, 4) is 5.69 Å². The van der Waals surface area contributed by atoms with Crippen LogP contribution in [0.4, 0.5) is 5.82 Å². The topological polar surface area (TPSA) is 85.8 Å². The van der Waals surface area contributed by atoms with Crippen LogP contribution in [0.5, 0.6) is 0 Å². The lowest BCUT2D eigenvalue weighted by Crippen LogP contribution is -2.22. The molecule has 3 rings (SSSR count). The SMILES string of the molecule is Cc1ccc(=O)n(-c2ccc(N[C@H]3CC[C@H](N)C3)nc2)n1.Cl.Cl.Cl. The molecule has 0 spiro atoms. The lowest BCUT2D eigenvalue weighted by atomic mass is 10.2. The standard InChI is InChI=1S/C15H19N5O.3ClH/c1-10-2-7-15(21)20(19-10)13-5-6-14(17-9-13)18-12-4-3-11(16)8-12;;;/h2,5-7,9,11-12H,3-4,8,16H2,1H3,(H,17,18);3*1H/t11-,12-;;;/m0.../s1. The molecule has 0 amide bonds. The second-order valence-corrected chi connectivity index (χ2v) is 5.54. The molecule has 6 nitrogen and oxygen atoms in total.